The molecule has 0 bridgehead atoms. The zero-order chi connectivity index (χ0) is 18.9. The molecule has 0 radical (unpaired) electrons. The van der Waals surface area contributed by atoms with Crippen LogP contribution < -0.4 is 14.8 Å². The van der Waals surface area contributed by atoms with E-state index < -0.39 is 14.6 Å². The van der Waals surface area contributed by atoms with Crippen LogP contribution in [0.4, 0.5) is 0 Å². The summed E-state index contributed by atoms with van der Waals surface area (Å²) in [6, 6.07) is 3.88. The Morgan fingerprint density at radius 1 is 1.37 bits per heavy atom. The second-order valence-corrected chi connectivity index (χ2v) is 10.6. The minimum Gasteiger partial charge on any atom is -0.454 e. The summed E-state index contributed by atoms with van der Waals surface area (Å²) in [6.45, 7) is 7.81. The highest BCUT2D eigenvalue weighted by molar-refractivity contribution is 14.0. The highest BCUT2D eigenvalue weighted by Gasteiger charge is 2.40. The van der Waals surface area contributed by atoms with Crippen LogP contribution in [-0.4, -0.2) is 56.2 Å². The van der Waals surface area contributed by atoms with Crippen LogP contribution in [0.15, 0.2) is 21.6 Å². The molecule has 0 saturated carbocycles. The number of nitrogens with zero attached hydrogens (tertiary/aromatic N) is 2. The van der Waals surface area contributed by atoms with Gasteiger partial charge in [-0.15, -0.1) is 24.0 Å². The smallest absolute Gasteiger partial charge is 0.231 e. The summed E-state index contributed by atoms with van der Waals surface area (Å²) in [4.78, 5) is 6.73. The average Bonchev–Trinajstić information content (AvgIpc) is 3.03. The highest BCUT2D eigenvalue weighted by Crippen LogP contribution is 2.40. The van der Waals surface area contributed by atoms with Crippen molar-refractivity contribution in [2.24, 2.45) is 4.99 Å². The number of hydrogen-bond donors (Lipinski definition) is 1. The van der Waals surface area contributed by atoms with Gasteiger partial charge in [0.15, 0.2) is 27.3 Å². The SMILES string of the molecule is CCNC(=NCc1cc(Br)c2c(c1)OCO2)N1CCS(=O)(=O)C(C)(C)C1.I. The summed E-state index contributed by atoms with van der Waals surface area (Å²) in [5, 5.41) is 3.27. The number of ether oxygens (including phenoxy) is 2. The largest absolute Gasteiger partial charge is 0.454 e. The lowest BCUT2D eigenvalue weighted by Crippen LogP contribution is -2.57. The number of sulfone groups is 1. The van der Waals surface area contributed by atoms with Crippen LogP contribution in [0.25, 0.3) is 0 Å². The van der Waals surface area contributed by atoms with Crippen LogP contribution in [0.3, 0.4) is 0 Å². The molecule has 2 aliphatic rings. The zero-order valence-corrected chi connectivity index (χ0v) is 20.4. The van der Waals surface area contributed by atoms with E-state index in [9.17, 15) is 8.42 Å². The van der Waals surface area contributed by atoms with Gasteiger partial charge in [0, 0.05) is 19.6 Å². The maximum Gasteiger partial charge on any atom is 0.231 e. The van der Waals surface area contributed by atoms with Crippen molar-refractivity contribution >= 4 is 55.7 Å². The third-order valence-corrected chi connectivity index (χ3v) is 7.70. The van der Waals surface area contributed by atoms with Gasteiger partial charge in [-0.3, -0.25) is 0 Å². The summed E-state index contributed by atoms with van der Waals surface area (Å²) in [5.41, 5.74) is 0.986. The summed E-state index contributed by atoms with van der Waals surface area (Å²) in [7, 11) is -3.08. The van der Waals surface area contributed by atoms with Crippen LogP contribution in [-0.2, 0) is 16.4 Å². The average molecular weight is 574 g/mol. The topological polar surface area (TPSA) is 80.2 Å². The predicted octanol–water partition coefficient (Wildman–Crippen LogP) is 2.77. The van der Waals surface area contributed by atoms with Crippen molar-refractivity contribution in [1.82, 2.24) is 10.2 Å². The van der Waals surface area contributed by atoms with E-state index in [0.717, 1.165) is 16.0 Å². The van der Waals surface area contributed by atoms with E-state index in [0.29, 0.717) is 37.7 Å². The molecule has 0 atom stereocenters. The highest BCUT2D eigenvalue weighted by atomic mass is 127. The number of benzene rings is 1. The molecule has 152 valence electrons. The number of fused-ring (bicyclic) bond motifs is 1. The Labute approximate surface area is 186 Å². The molecule has 0 aromatic heterocycles. The fourth-order valence-electron chi connectivity index (χ4n) is 3.03. The molecule has 2 aliphatic heterocycles. The van der Waals surface area contributed by atoms with Gasteiger partial charge in [-0.25, -0.2) is 13.4 Å². The normalized spacial score (nSPS) is 20.1. The Kier molecular flexibility index (Phi) is 7.28. The maximum atomic E-state index is 12.2. The molecule has 1 fully saturated rings. The van der Waals surface area contributed by atoms with Gasteiger partial charge in [-0.1, -0.05) is 0 Å². The Hall–Kier alpha value is -0.750. The molecule has 27 heavy (non-hydrogen) atoms. The molecule has 0 unspecified atom stereocenters. The van der Waals surface area contributed by atoms with E-state index in [4.69, 9.17) is 14.5 Å². The Morgan fingerprint density at radius 2 is 2.11 bits per heavy atom. The van der Waals surface area contributed by atoms with E-state index in [-0.39, 0.29) is 36.5 Å². The van der Waals surface area contributed by atoms with Crippen LogP contribution >= 0.6 is 39.9 Å². The van der Waals surface area contributed by atoms with Gasteiger partial charge in [0.25, 0.3) is 0 Å². The van der Waals surface area contributed by atoms with Crippen molar-refractivity contribution in [2.45, 2.75) is 32.1 Å². The predicted molar refractivity (Wildman–Crippen MR) is 120 cm³/mol. The fraction of sp³-hybridized carbons (Fsp3) is 0.588. The van der Waals surface area contributed by atoms with Crippen molar-refractivity contribution in [3.05, 3.63) is 22.2 Å². The molecule has 10 heteroatoms. The molecular weight excluding hydrogens is 549 g/mol. The Bertz CT molecular complexity index is 830. The molecule has 1 N–H and O–H groups in total. The second-order valence-electron chi connectivity index (χ2n) is 6.98. The van der Waals surface area contributed by atoms with Crippen LogP contribution in [0.1, 0.15) is 26.3 Å². The van der Waals surface area contributed by atoms with E-state index in [1.165, 1.54) is 0 Å². The number of hydrogen-bond acceptors (Lipinski definition) is 5. The molecular formula is C17H25BrIN3O4S. The van der Waals surface area contributed by atoms with Gasteiger partial charge < -0.3 is 19.7 Å². The van der Waals surface area contributed by atoms with Gasteiger partial charge in [0.1, 0.15) is 0 Å². The van der Waals surface area contributed by atoms with Gasteiger partial charge in [-0.2, -0.15) is 0 Å². The second kappa shape index (κ2) is 8.73. The lowest BCUT2D eigenvalue weighted by Gasteiger charge is -2.39. The van der Waals surface area contributed by atoms with Crippen molar-refractivity contribution in [3.63, 3.8) is 0 Å². The minimum atomic E-state index is -3.08. The lowest BCUT2D eigenvalue weighted by molar-refractivity contribution is 0.173. The van der Waals surface area contributed by atoms with Crippen LogP contribution in [0.5, 0.6) is 11.5 Å². The van der Waals surface area contributed by atoms with Crippen molar-refractivity contribution in [2.75, 3.05) is 32.2 Å². The third-order valence-electron chi connectivity index (χ3n) is 4.58. The van der Waals surface area contributed by atoms with Gasteiger partial charge in [-0.05, 0) is 54.4 Å². The summed E-state index contributed by atoms with van der Waals surface area (Å²) >= 11 is 3.49. The Balaban J connectivity index is 0.00000261. The third kappa shape index (κ3) is 4.81. The van der Waals surface area contributed by atoms with Gasteiger partial charge in [0.05, 0.1) is 21.5 Å². The van der Waals surface area contributed by atoms with Crippen molar-refractivity contribution in [3.8, 4) is 11.5 Å². The quantitative estimate of drug-likeness (QED) is 0.340. The first-order valence-corrected chi connectivity index (χ1v) is 11.0. The molecule has 0 spiro atoms. The van der Waals surface area contributed by atoms with Gasteiger partial charge in [0.2, 0.25) is 6.79 Å². The van der Waals surface area contributed by atoms with Crippen LogP contribution in [0, 0.1) is 0 Å². The molecule has 1 aromatic carbocycles. The molecule has 0 amide bonds. The van der Waals surface area contributed by atoms with Crippen molar-refractivity contribution < 1.29 is 17.9 Å². The number of nitrogens with one attached hydrogen (secondary N) is 1. The van der Waals surface area contributed by atoms with Crippen molar-refractivity contribution in [1.29, 1.82) is 0 Å². The number of halogens is 2. The molecule has 2 heterocycles. The van der Waals surface area contributed by atoms with E-state index in [1.807, 2.05) is 24.0 Å². The molecule has 0 aliphatic carbocycles. The maximum absolute atomic E-state index is 12.2. The van der Waals surface area contributed by atoms with Crippen LogP contribution in [0.2, 0.25) is 0 Å². The standard InChI is InChI=1S/C17H24BrN3O4S.HI/c1-4-19-16(21-5-6-26(22,23)17(2,3)10-21)20-9-12-7-13(18)15-14(8-12)24-11-25-15;/h7-8H,4-6,9-11H2,1-3H3,(H,19,20);1H. The number of guanidine groups is 1. The molecule has 7 nitrogen and oxygen atoms in total. The monoisotopic (exact) mass is 573 g/mol. The summed E-state index contributed by atoms with van der Waals surface area (Å²) in [6.07, 6.45) is 0. The number of rotatable bonds is 3. The minimum absolute atomic E-state index is 0. The molecule has 1 saturated heterocycles. The molecule has 1 aromatic rings. The van der Waals surface area contributed by atoms with E-state index in [2.05, 4.69) is 21.2 Å². The summed E-state index contributed by atoms with van der Waals surface area (Å²) in [5.74, 6) is 2.29. The zero-order valence-electron chi connectivity index (χ0n) is 15.6. The molecule has 3 rings (SSSR count). The van der Waals surface area contributed by atoms with E-state index in [1.54, 1.807) is 13.8 Å². The van der Waals surface area contributed by atoms with E-state index >= 15 is 0 Å². The first-order valence-electron chi connectivity index (χ1n) is 8.57. The van der Waals surface area contributed by atoms with Gasteiger partial charge >= 0.3 is 0 Å². The first-order chi connectivity index (χ1) is 12.2. The summed E-state index contributed by atoms with van der Waals surface area (Å²) < 4.78 is 35.4. The number of aliphatic imine (C=N–C) groups is 1. The lowest BCUT2D eigenvalue weighted by atomic mass is 10.2. The first kappa shape index (κ1) is 22.5. The fourth-order valence-corrected chi connectivity index (χ4v) is 5.00. The Morgan fingerprint density at radius 3 is 2.78 bits per heavy atom.